The molecule has 8 heteroatoms. The minimum atomic E-state index is -3.52. The van der Waals surface area contributed by atoms with Crippen molar-refractivity contribution in [3.05, 3.63) is 40.4 Å². The first-order chi connectivity index (χ1) is 11.4. The zero-order valence-electron chi connectivity index (χ0n) is 13.6. The van der Waals surface area contributed by atoms with Crippen molar-refractivity contribution in [1.29, 1.82) is 0 Å². The van der Waals surface area contributed by atoms with Gasteiger partial charge >= 0.3 is 0 Å². The summed E-state index contributed by atoms with van der Waals surface area (Å²) in [6.07, 6.45) is 0.942. The summed E-state index contributed by atoms with van der Waals surface area (Å²) in [5, 5.41) is 3.28. The van der Waals surface area contributed by atoms with Crippen LogP contribution in [0, 0.1) is 6.92 Å². The van der Waals surface area contributed by atoms with Gasteiger partial charge in [-0.1, -0.05) is 24.6 Å². The van der Waals surface area contributed by atoms with Gasteiger partial charge in [0.2, 0.25) is 15.9 Å². The third-order valence-corrected chi connectivity index (χ3v) is 6.78. The Kier molecular flexibility index (Phi) is 4.71. The van der Waals surface area contributed by atoms with Gasteiger partial charge in [-0.15, -0.1) is 11.3 Å². The van der Waals surface area contributed by atoms with Crippen LogP contribution in [0.15, 0.2) is 29.2 Å². The Bertz CT molecular complexity index is 857. The standard InChI is InChI=1S/C16H19N3O3S2/c1-3-15(20)18-16-17-13-8-9-19(10-14(13)23-16)24(21,22)12-6-4-11(2)5-7-12/h4-7H,3,8-10H2,1-2H3,(H,17,18,20). The number of aryl methyl sites for hydroxylation is 1. The van der Waals surface area contributed by atoms with Crippen LogP contribution in [0.5, 0.6) is 0 Å². The number of nitrogens with zero attached hydrogens (tertiary/aromatic N) is 2. The lowest BCUT2D eigenvalue weighted by Crippen LogP contribution is -2.35. The minimum absolute atomic E-state index is 0.0924. The molecular weight excluding hydrogens is 346 g/mol. The number of sulfonamides is 1. The number of nitrogens with one attached hydrogen (secondary N) is 1. The summed E-state index contributed by atoms with van der Waals surface area (Å²) in [6, 6.07) is 6.88. The number of amides is 1. The van der Waals surface area contributed by atoms with E-state index in [1.54, 1.807) is 31.2 Å². The second kappa shape index (κ2) is 6.62. The predicted molar refractivity (Wildman–Crippen MR) is 93.5 cm³/mol. The highest BCUT2D eigenvalue weighted by Gasteiger charge is 2.30. The smallest absolute Gasteiger partial charge is 0.243 e. The van der Waals surface area contributed by atoms with E-state index in [0.717, 1.165) is 16.1 Å². The molecule has 3 rings (SSSR count). The summed E-state index contributed by atoms with van der Waals surface area (Å²) >= 11 is 1.35. The number of anilines is 1. The molecule has 2 aromatic rings. The summed E-state index contributed by atoms with van der Waals surface area (Å²) in [7, 11) is -3.52. The third-order valence-electron chi connectivity index (χ3n) is 3.92. The molecule has 0 radical (unpaired) electrons. The molecule has 1 aromatic carbocycles. The Morgan fingerprint density at radius 3 is 2.71 bits per heavy atom. The number of benzene rings is 1. The number of hydrogen-bond acceptors (Lipinski definition) is 5. The lowest BCUT2D eigenvalue weighted by atomic mass is 10.2. The molecule has 0 saturated heterocycles. The van der Waals surface area contributed by atoms with Gasteiger partial charge < -0.3 is 5.32 Å². The minimum Gasteiger partial charge on any atom is -0.302 e. The van der Waals surface area contributed by atoms with Crippen molar-refractivity contribution in [3.63, 3.8) is 0 Å². The van der Waals surface area contributed by atoms with Crippen LogP contribution in [0.2, 0.25) is 0 Å². The van der Waals surface area contributed by atoms with Gasteiger partial charge in [0.15, 0.2) is 5.13 Å². The van der Waals surface area contributed by atoms with E-state index >= 15 is 0 Å². The van der Waals surface area contributed by atoms with Crippen molar-refractivity contribution >= 4 is 32.4 Å². The van der Waals surface area contributed by atoms with Crippen LogP contribution >= 0.6 is 11.3 Å². The SMILES string of the molecule is CCC(=O)Nc1nc2c(s1)CN(S(=O)(=O)c1ccc(C)cc1)CC2. The zero-order chi connectivity index (χ0) is 17.3. The number of carbonyl (C=O) groups excluding carboxylic acids is 1. The number of aromatic nitrogens is 1. The van der Waals surface area contributed by atoms with Crippen molar-refractivity contribution in [1.82, 2.24) is 9.29 Å². The van der Waals surface area contributed by atoms with Crippen LogP contribution in [0.4, 0.5) is 5.13 Å². The van der Waals surface area contributed by atoms with E-state index in [4.69, 9.17) is 0 Å². The predicted octanol–water partition coefficient (Wildman–Crippen LogP) is 2.55. The second-order valence-corrected chi connectivity index (χ2v) is 8.71. The molecular formula is C16H19N3O3S2. The third kappa shape index (κ3) is 3.35. The van der Waals surface area contributed by atoms with Crippen molar-refractivity contribution in [2.75, 3.05) is 11.9 Å². The lowest BCUT2D eigenvalue weighted by molar-refractivity contribution is -0.115. The number of thiazole rings is 1. The summed E-state index contributed by atoms with van der Waals surface area (Å²) in [5.74, 6) is -0.0924. The zero-order valence-corrected chi connectivity index (χ0v) is 15.2. The maximum atomic E-state index is 12.8. The van der Waals surface area contributed by atoms with E-state index in [-0.39, 0.29) is 5.91 Å². The van der Waals surface area contributed by atoms with Crippen LogP contribution in [0.25, 0.3) is 0 Å². The number of fused-ring (bicyclic) bond motifs is 1. The molecule has 2 heterocycles. The van der Waals surface area contributed by atoms with Gasteiger partial charge in [-0.2, -0.15) is 4.31 Å². The second-order valence-electron chi connectivity index (χ2n) is 5.69. The molecule has 0 spiro atoms. The normalized spacial score (nSPS) is 15.1. The van der Waals surface area contributed by atoms with Gasteiger partial charge in [-0.3, -0.25) is 4.79 Å². The molecule has 0 aliphatic carbocycles. The van der Waals surface area contributed by atoms with Crippen LogP contribution in [0.1, 0.15) is 29.5 Å². The first-order valence-corrected chi connectivity index (χ1v) is 10.0. The maximum absolute atomic E-state index is 12.8. The van der Waals surface area contributed by atoms with E-state index in [2.05, 4.69) is 10.3 Å². The summed E-state index contributed by atoms with van der Waals surface area (Å²) < 4.78 is 27.0. The van der Waals surface area contributed by atoms with Crippen molar-refractivity contribution in [3.8, 4) is 0 Å². The van der Waals surface area contributed by atoms with Crippen molar-refractivity contribution < 1.29 is 13.2 Å². The van der Waals surface area contributed by atoms with E-state index in [1.807, 2.05) is 6.92 Å². The van der Waals surface area contributed by atoms with E-state index in [0.29, 0.717) is 36.0 Å². The Balaban J connectivity index is 1.81. The largest absolute Gasteiger partial charge is 0.302 e. The highest BCUT2D eigenvalue weighted by molar-refractivity contribution is 7.89. The van der Waals surface area contributed by atoms with Crippen LogP contribution < -0.4 is 5.32 Å². The summed E-state index contributed by atoms with van der Waals surface area (Å²) in [4.78, 5) is 17.1. The molecule has 6 nitrogen and oxygen atoms in total. The van der Waals surface area contributed by atoms with Crippen LogP contribution in [0.3, 0.4) is 0 Å². The number of hydrogen-bond donors (Lipinski definition) is 1. The number of carbonyl (C=O) groups is 1. The summed E-state index contributed by atoms with van der Waals surface area (Å²) in [5.41, 5.74) is 1.90. The molecule has 0 bridgehead atoms. The first kappa shape index (κ1) is 17.1. The average Bonchev–Trinajstić information content (AvgIpc) is 2.96. The lowest BCUT2D eigenvalue weighted by Gasteiger charge is -2.25. The molecule has 1 aliphatic heterocycles. The molecule has 0 saturated carbocycles. The van der Waals surface area contributed by atoms with Gasteiger partial charge in [0.05, 0.1) is 17.1 Å². The molecule has 1 amide bonds. The first-order valence-electron chi connectivity index (χ1n) is 7.75. The van der Waals surface area contributed by atoms with E-state index in [1.165, 1.54) is 15.6 Å². The molecule has 0 unspecified atom stereocenters. The van der Waals surface area contributed by atoms with Crippen molar-refractivity contribution in [2.45, 2.75) is 38.1 Å². The van der Waals surface area contributed by atoms with Crippen molar-refractivity contribution in [2.24, 2.45) is 0 Å². The van der Waals surface area contributed by atoms with Crippen LogP contribution in [-0.2, 0) is 27.8 Å². The number of rotatable bonds is 4. The fourth-order valence-electron chi connectivity index (χ4n) is 2.50. The molecule has 0 atom stereocenters. The molecule has 1 N–H and O–H groups in total. The highest BCUT2D eigenvalue weighted by atomic mass is 32.2. The van der Waals surface area contributed by atoms with Gasteiger partial charge in [0, 0.05) is 24.3 Å². The molecule has 1 aromatic heterocycles. The average molecular weight is 365 g/mol. The maximum Gasteiger partial charge on any atom is 0.243 e. The molecule has 128 valence electrons. The van der Waals surface area contributed by atoms with Gasteiger partial charge in [-0.05, 0) is 19.1 Å². The van der Waals surface area contributed by atoms with E-state index < -0.39 is 10.0 Å². The van der Waals surface area contributed by atoms with Gasteiger partial charge in [0.1, 0.15) is 0 Å². The summed E-state index contributed by atoms with van der Waals surface area (Å²) in [6.45, 7) is 4.39. The Morgan fingerprint density at radius 1 is 1.33 bits per heavy atom. The monoisotopic (exact) mass is 365 g/mol. The highest BCUT2D eigenvalue weighted by Crippen LogP contribution is 2.31. The van der Waals surface area contributed by atoms with Gasteiger partial charge in [0.25, 0.3) is 0 Å². The fourth-order valence-corrected chi connectivity index (χ4v) is 5.03. The Labute approximate surface area is 145 Å². The fraction of sp³-hybridized carbons (Fsp3) is 0.375. The topological polar surface area (TPSA) is 79.4 Å². The Hall–Kier alpha value is -1.77. The van der Waals surface area contributed by atoms with Crippen LogP contribution in [-0.4, -0.2) is 30.2 Å². The molecule has 1 aliphatic rings. The Morgan fingerprint density at radius 2 is 2.04 bits per heavy atom. The molecule has 24 heavy (non-hydrogen) atoms. The van der Waals surface area contributed by atoms with Gasteiger partial charge in [-0.25, -0.2) is 13.4 Å². The molecule has 0 fully saturated rings. The quantitative estimate of drug-likeness (QED) is 0.903. The van der Waals surface area contributed by atoms with E-state index in [9.17, 15) is 13.2 Å².